The summed E-state index contributed by atoms with van der Waals surface area (Å²) in [7, 11) is 0. The zero-order chi connectivity index (χ0) is 12.7. The smallest absolute Gasteiger partial charge is 0.0965 e. The van der Waals surface area contributed by atoms with Gasteiger partial charge in [-0.1, -0.05) is 5.21 Å². The molecule has 0 amide bonds. The average Bonchev–Trinajstić information content (AvgIpc) is 2.71. The molecular weight excluding hydrogens is 216 g/mol. The lowest BCUT2D eigenvalue weighted by Crippen LogP contribution is -2.22. The van der Waals surface area contributed by atoms with Crippen LogP contribution < -0.4 is 5.32 Å². The molecule has 0 aliphatic rings. The van der Waals surface area contributed by atoms with Crippen LogP contribution in [0.15, 0.2) is 6.20 Å². The first-order valence-electron chi connectivity index (χ1n) is 6.24. The summed E-state index contributed by atoms with van der Waals surface area (Å²) in [5, 5.41) is 11.6. The summed E-state index contributed by atoms with van der Waals surface area (Å²) in [6.45, 7) is 11.7. The molecule has 0 bridgehead atoms. The molecule has 1 heterocycles. The molecule has 0 unspecified atom stereocenters. The Morgan fingerprint density at radius 3 is 2.76 bits per heavy atom. The predicted octanol–water partition coefficient (Wildman–Crippen LogP) is 1.55. The van der Waals surface area contributed by atoms with Gasteiger partial charge < -0.3 is 10.1 Å². The topological polar surface area (TPSA) is 52.0 Å². The molecule has 1 rings (SSSR count). The summed E-state index contributed by atoms with van der Waals surface area (Å²) in [5.74, 6) is 0. The summed E-state index contributed by atoms with van der Waals surface area (Å²) in [4.78, 5) is 0. The molecule has 1 N–H and O–H groups in total. The normalized spacial score (nSPS) is 12.0. The molecule has 1 aromatic heterocycles. The fraction of sp³-hybridized carbons (Fsp3) is 0.833. The highest BCUT2D eigenvalue weighted by Gasteiger charge is 2.14. The minimum absolute atomic E-state index is 0.000214. The van der Waals surface area contributed by atoms with Gasteiger partial charge in [0.1, 0.15) is 0 Å². The summed E-state index contributed by atoms with van der Waals surface area (Å²) in [6, 6.07) is 0. The van der Waals surface area contributed by atoms with Crippen molar-refractivity contribution in [2.75, 3.05) is 19.8 Å². The monoisotopic (exact) mass is 240 g/mol. The van der Waals surface area contributed by atoms with E-state index in [4.69, 9.17) is 4.74 Å². The molecule has 0 saturated carbocycles. The highest BCUT2D eigenvalue weighted by molar-refractivity contribution is 4.93. The SMILES string of the molecule is CCOCCCNCc1cn(C(C)(C)C)nn1. The van der Waals surface area contributed by atoms with Crippen molar-refractivity contribution in [3.8, 4) is 0 Å². The summed E-state index contributed by atoms with van der Waals surface area (Å²) in [6.07, 6.45) is 3.02. The first-order valence-corrected chi connectivity index (χ1v) is 6.24. The van der Waals surface area contributed by atoms with Crippen molar-refractivity contribution in [3.05, 3.63) is 11.9 Å². The number of hydrogen-bond acceptors (Lipinski definition) is 4. The quantitative estimate of drug-likeness (QED) is 0.735. The van der Waals surface area contributed by atoms with Gasteiger partial charge in [-0.15, -0.1) is 5.10 Å². The van der Waals surface area contributed by atoms with Crippen LogP contribution in [0.5, 0.6) is 0 Å². The molecule has 0 atom stereocenters. The zero-order valence-corrected chi connectivity index (χ0v) is 11.4. The van der Waals surface area contributed by atoms with E-state index in [0.717, 1.165) is 38.4 Å². The van der Waals surface area contributed by atoms with Crippen molar-refractivity contribution in [1.82, 2.24) is 20.3 Å². The number of nitrogens with zero attached hydrogens (tertiary/aromatic N) is 3. The third-order valence-electron chi connectivity index (χ3n) is 2.38. The van der Waals surface area contributed by atoms with E-state index in [1.54, 1.807) is 0 Å². The Morgan fingerprint density at radius 1 is 1.41 bits per heavy atom. The largest absolute Gasteiger partial charge is 0.382 e. The summed E-state index contributed by atoms with van der Waals surface area (Å²) in [5.41, 5.74) is 0.983. The Kier molecular flexibility index (Phi) is 5.58. The second-order valence-corrected chi connectivity index (χ2v) is 5.05. The van der Waals surface area contributed by atoms with E-state index in [2.05, 4.69) is 36.4 Å². The van der Waals surface area contributed by atoms with Gasteiger partial charge in [-0.3, -0.25) is 0 Å². The Morgan fingerprint density at radius 2 is 2.18 bits per heavy atom. The van der Waals surface area contributed by atoms with Crippen molar-refractivity contribution in [2.24, 2.45) is 0 Å². The van der Waals surface area contributed by atoms with Crippen LogP contribution in [0.4, 0.5) is 0 Å². The minimum Gasteiger partial charge on any atom is -0.382 e. The third-order valence-corrected chi connectivity index (χ3v) is 2.38. The van der Waals surface area contributed by atoms with E-state index in [1.807, 2.05) is 17.8 Å². The second-order valence-electron chi connectivity index (χ2n) is 5.05. The summed E-state index contributed by atoms with van der Waals surface area (Å²) < 4.78 is 7.16. The maximum atomic E-state index is 5.26. The average molecular weight is 240 g/mol. The van der Waals surface area contributed by atoms with Gasteiger partial charge in [-0.25, -0.2) is 4.68 Å². The van der Waals surface area contributed by atoms with Crippen LogP contribution in [0.3, 0.4) is 0 Å². The number of rotatable bonds is 7. The molecule has 0 saturated heterocycles. The Labute approximate surface area is 104 Å². The molecule has 0 spiro atoms. The maximum absolute atomic E-state index is 5.26. The zero-order valence-electron chi connectivity index (χ0n) is 11.4. The lowest BCUT2D eigenvalue weighted by atomic mass is 10.1. The van der Waals surface area contributed by atoms with Gasteiger partial charge in [0.25, 0.3) is 0 Å². The molecular formula is C12H24N4O. The molecule has 5 nitrogen and oxygen atoms in total. The number of hydrogen-bond donors (Lipinski definition) is 1. The van der Waals surface area contributed by atoms with Crippen molar-refractivity contribution in [1.29, 1.82) is 0 Å². The standard InChI is InChI=1S/C12H24N4O/c1-5-17-8-6-7-13-9-11-10-16(15-14-11)12(2,3)4/h10,13H,5-9H2,1-4H3. The van der Waals surface area contributed by atoms with Gasteiger partial charge in [-0.05, 0) is 40.7 Å². The van der Waals surface area contributed by atoms with Crippen LogP contribution in [-0.2, 0) is 16.8 Å². The van der Waals surface area contributed by atoms with Crippen molar-refractivity contribution >= 4 is 0 Å². The van der Waals surface area contributed by atoms with Crippen LogP contribution in [-0.4, -0.2) is 34.8 Å². The minimum atomic E-state index is 0.000214. The van der Waals surface area contributed by atoms with Gasteiger partial charge >= 0.3 is 0 Å². The Balaban J connectivity index is 2.21. The van der Waals surface area contributed by atoms with E-state index in [0.29, 0.717) is 0 Å². The second kappa shape index (κ2) is 6.71. The molecule has 0 aromatic carbocycles. The van der Waals surface area contributed by atoms with E-state index in [9.17, 15) is 0 Å². The Hall–Kier alpha value is -0.940. The lowest BCUT2D eigenvalue weighted by molar-refractivity contribution is 0.144. The number of ether oxygens (including phenoxy) is 1. The van der Waals surface area contributed by atoms with Crippen LogP contribution in [0, 0.1) is 0 Å². The first-order chi connectivity index (χ1) is 8.04. The van der Waals surface area contributed by atoms with E-state index < -0.39 is 0 Å². The van der Waals surface area contributed by atoms with Crippen LogP contribution in [0.25, 0.3) is 0 Å². The number of nitrogens with one attached hydrogen (secondary N) is 1. The fourth-order valence-corrected chi connectivity index (χ4v) is 1.37. The fourth-order valence-electron chi connectivity index (χ4n) is 1.37. The highest BCUT2D eigenvalue weighted by Crippen LogP contribution is 2.11. The van der Waals surface area contributed by atoms with E-state index in [1.165, 1.54) is 0 Å². The van der Waals surface area contributed by atoms with Gasteiger partial charge in [0.15, 0.2) is 0 Å². The molecule has 1 aromatic rings. The molecule has 0 radical (unpaired) electrons. The predicted molar refractivity (Wildman–Crippen MR) is 67.8 cm³/mol. The van der Waals surface area contributed by atoms with Gasteiger partial charge in [0.2, 0.25) is 0 Å². The van der Waals surface area contributed by atoms with Crippen molar-refractivity contribution < 1.29 is 4.74 Å². The van der Waals surface area contributed by atoms with Crippen LogP contribution in [0.2, 0.25) is 0 Å². The van der Waals surface area contributed by atoms with Gasteiger partial charge in [0, 0.05) is 19.8 Å². The van der Waals surface area contributed by atoms with E-state index in [-0.39, 0.29) is 5.54 Å². The molecule has 0 fully saturated rings. The third kappa shape index (κ3) is 5.28. The Bertz CT molecular complexity index is 317. The molecule has 0 aliphatic carbocycles. The van der Waals surface area contributed by atoms with Crippen LogP contribution >= 0.6 is 0 Å². The number of aromatic nitrogens is 3. The molecule has 98 valence electrons. The molecule has 0 aliphatic heterocycles. The highest BCUT2D eigenvalue weighted by atomic mass is 16.5. The molecule has 5 heteroatoms. The summed E-state index contributed by atoms with van der Waals surface area (Å²) >= 11 is 0. The van der Waals surface area contributed by atoms with Crippen molar-refractivity contribution in [3.63, 3.8) is 0 Å². The van der Waals surface area contributed by atoms with Gasteiger partial charge in [0.05, 0.1) is 17.4 Å². The van der Waals surface area contributed by atoms with E-state index >= 15 is 0 Å². The maximum Gasteiger partial charge on any atom is 0.0965 e. The first kappa shape index (κ1) is 14.1. The van der Waals surface area contributed by atoms with Crippen molar-refractivity contribution in [2.45, 2.75) is 46.2 Å². The van der Waals surface area contributed by atoms with Crippen LogP contribution in [0.1, 0.15) is 39.8 Å². The van der Waals surface area contributed by atoms with Gasteiger partial charge in [-0.2, -0.15) is 0 Å². The molecule has 17 heavy (non-hydrogen) atoms. The lowest BCUT2D eigenvalue weighted by Gasteiger charge is -2.17.